The first-order chi connectivity index (χ1) is 16.0. The summed E-state index contributed by atoms with van der Waals surface area (Å²) in [6.45, 7) is 6.97. The van der Waals surface area contributed by atoms with Gasteiger partial charge in [-0.2, -0.15) is 0 Å². The fraction of sp³-hybridized carbons (Fsp3) is 0.300. The predicted octanol–water partition coefficient (Wildman–Crippen LogP) is 6.46. The number of nitrogens with zero attached hydrogens (tertiary/aromatic N) is 2. The van der Waals surface area contributed by atoms with Gasteiger partial charge < -0.3 is 9.47 Å². The van der Waals surface area contributed by atoms with E-state index in [0.29, 0.717) is 12.0 Å². The van der Waals surface area contributed by atoms with E-state index in [2.05, 4.69) is 61.2 Å². The lowest BCUT2D eigenvalue weighted by molar-refractivity contribution is 0.172. The zero-order valence-corrected chi connectivity index (χ0v) is 19.8. The van der Waals surface area contributed by atoms with Gasteiger partial charge in [0.05, 0.1) is 5.52 Å². The molecular weight excluding hydrogens is 404 g/mol. The lowest BCUT2D eigenvalue weighted by Gasteiger charge is -2.34. The van der Waals surface area contributed by atoms with Crippen LogP contribution in [-0.4, -0.2) is 28.6 Å². The second-order valence-corrected chi connectivity index (χ2v) is 9.59. The molecule has 0 saturated carbocycles. The Bertz CT molecular complexity index is 1310. The van der Waals surface area contributed by atoms with Crippen LogP contribution < -0.4 is 5.56 Å². The minimum Gasteiger partial charge on any atom is -0.311 e. The lowest BCUT2D eigenvalue weighted by Crippen LogP contribution is -2.37. The van der Waals surface area contributed by atoms with Crippen molar-refractivity contribution in [1.82, 2.24) is 9.47 Å². The number of rotatable bonds is 4. The molecular formula is C30H32N2O. The van der Waals surface area contributed by atoms with Gasteiger partial charge >= 0.3 is 0 Å². The summed E-state index contributed by atoms with van der Waals surface area (Å²) in [6, 6.07) is 28.1. The van der Waals surface area contributed by atoms with Gasteiger partial charge in [-0.1, -0.05) is 60.7 Å². The maximum Gasteiger partial charge on any atom is 0.258 e. The SMILES string of the molecule is CC(C)N1CCC(c2ccc(-c3ccc4c(c3)cc(-c3ccccc3)c(=O)n4C)cc2)CC1. The van der Waals surface area contributed by atoms with Crippen LogP contribution in [0.3, 0.4) is 0 Å². The fourth-order valence-corrected chi connectivity index (χ4v) is 5.18. The van der Waals surface area contributed by atoms with E-state index in [0.717, 1.165) is 22.0 Å². The molecule has 3 nitrogen and oxygen atoms in total. The summed E-state index contributed by atoms with van der Waals surface area (Å²) in [4.78, 5) is 15.5. The molecule has 5 rings (SSSR count). The predicted molar refractivity (Wildman–Crippen MR) is 139 cm³/mol. The average Bonchev–Trinajstić information content (AvgIpc) is 2.86. The molecule has 1 saturated heterocycles. The number of fused-ring (bicyclic) bond motifs is 1. The first-order valence-electron chi connectivity index (χ1n) is 12.0. The molecule has 0 bridgehead atoms. The van der Waals surface area contributed by atoms with Crippen molar-refractivity contribution < 1.29 is 0 Å². The first kappa shape index (κ1) is 21.7. The van der Waals surface area contributed by atoms with Crippen molar-refractivity contribution in [1.29, 1.82) is 0 Å². The van der Waals surface area contributed by atoms with E-state index in [-0.39, 0.29) is 5.56 Å². The van der Waals surface area contributed by atoms with E-state index < -0.39 is 0 Å². The summed E-state index contributed by atoms with van der Waals surface area (Å²) in [5, 5.41) is 1.08. The zero-order valence-electron chi connectivity index (χ0n) is 19.8. The molecule has 0 radical (unpaired) electrons. The molecule has 0 atom stereocenters. The van der Waals surface area contributed by atoms with E-state index in [1.165, 1.54) is 42.6 Å². The van der Waals surface area contributed by atoms with E-state index >= 15 is 0 Å². The Balaban J connectivity index is 1.44. The number of benzene rings is 3. The van der Waals surface area contributed by atoms with Crippen molar-refractivity contribution in [2.45, 2.75) is 38.6 Å². The molecule has 1 aliphatic heterocycles. The molecule has 0 aliphatic carbocycles. The van der Waals surface area contributed by atoms with Gasteiger partial charge in [-0.3, -0.25) is 4.79 Å². The molecule has 0 amide bonds. The van der Waals surface area contributed by atoms with Crippen LogP contribution in [0.5, 0.6) is 0 Å². The van der Waals surface area contributed by atoms with Crippen molar-refractivity contribution in [3.63, 3.8) is 0 Å². The van der Waals surface area contributed by atoms with E-state index in [1.54, 1.807) is 4.57 Å². The lowest BCUT2D eigenvalue weighted by atomic mass is 9.88. The Morgan fingerprint density at radius 3 is 2.12 bits per heavy atom. The molecule has 3 aromatic carbocycles. The molecule has 0 N–H and O–H groups in total. The molecule has 1 aliphatic rings. The molecule has 3 heteroatoms. The summed E-state index contributed by atoms with van der Waals surface area (Å²) in [5.74, 6) is 0.661. The summed E-state index contributed by atoms with van der Waals surface area (Å²) < 4.78 is 1.76. The Kier molecular flexibility index (Phi) is 5.90. The van der Waals surface area contributed by atoms with Crippen LogP contribution in [0.2, 0.25) is 0 Å². The van der Waals surface area contributed by atoms with E-state index in [4.69, 9.17) is 0 Å². The van der Waals surface area contributed by atoms with Crippen molar-refractivity contribution in [3.05, 3.63) is 94.8 Å². The summed E-state index contributed by atoms with van der Waals surface area (Å²) in [6.07, 6.45) is 2.48. The van der Waals surface area contributed by atoms with Crippen LogP contribution >= 0.6 is 0 Å². The van der Waals surface area contributed by atoms with Crippen LogP contribution in [0.15, 0.2) is 83.7 Å². The zero-order chi connectivity index (χ0) is 22.9. The number of pyridine rings is 1. The number of hydrogen-bond donors (Lipinski definition) is 0. The Labute approximate surface area is 196 Å². The maximum absolute atomic E-state index is 12.9. The minimum atomic E-state index is 0.0364. The fourth-order valence-electron chi connectivity index (χ4n) is 5.18. The monoisotopic (exact) mass is 436 g/mol. The third-order valence-corrected chi connectivity index (χ3v) is 7.28. The second-order valence-electron chi connectivity index (χ2n) is 9.59. The highest BCUT2D eigenvalue weighted by Crippen LogP contribution is 2.31. The third kappa shape index (κ3) is 4.26. The van der Waals surface area contributed by atoms with Gasteiger partial charge in [0.15, 0.2) is 0 Å². The Morgan fingerprint density at radius 2 is 1.45 bits per heavy atom. The molecule has 1 fully saturated rings. The van der Waals surface area contributed by atoms with E-state index in [1.807, 2.05) is 43.4 Å². The highest BCUT2D eigenvalue weighted by molar-refractivity contribution is 5.88. The number of aryl methyl sites for hydroxylation is 1. The minimum absolute atomic E-state index is 0.0364. The quantitative estimate of drug-likeness (QED) is 0.367. The van der Waals surface area contributed by atoms with Crippen molar-refractivity contribution in [2.75, 3.05) is 13.1 Å². The van der Waals surface area contributed by atoms with Crippen LogP contribution in [0, 0.1) is 0 Å². The first-order valence-corrected chi connectivity index (χ1v) is 12.0. The molecule has 4 aromatic rings. The Hall–Kier alpha value is -3.17. The summed E-state index contributed by atoms with van der Waals surface area (Å²) in [7, 11) is 1.86. The summed E-state index contributed by atoms with van der Waals surface area (Å²) in [5.41, 5.74) is 6.55. The van der Waals surface area contributed by atoms with Crippen molar-refractivity contribution in [2.24, 2.45) is 7.05 Å². The van der Waals surface area contributed by atoms with Crippen LogP contribution in [-0.2, 0) is 7.05 Å². The van der Waals surface area contributed by atoms with Gasteiger partial charge in [0, 0.05) is 18.7 Å². The van der Waals surface area contributed by atoms with Gasteiger partial charge in [-0.15, -0.1) is 0 Å². The molecule has 1 aromatic heterocycles. The maximum atomic E-state index is 12.9. The van der Waals surface area contributed by atoms with Gasteiger partial charge in [0.2, 0.25) is 0 Å². The standard InChI is InChI=1S/C30H32N2O/c1-21(2)32-17-15-24(16-18-32)22-9-11-23(12-10-22)26-13-14-29-27(19-26)20-28(30(33)31(29)3)25-7-5-4-6-8-25/h4-14,19-21,24H,15-18H2,1-3H3. The third-order valence-electron chi connectivity index (χ3n) is 7.28. The highest BCUT2D eigenvalue weighted by atomic mass is 16.1. The number of likely N-dealkylation sites (tertiary alicyclic amines) is 1. The molecule has 33 heavy (non-hydrogen) atoms. The van der Waals surface area contributed by atoms with Gasteiger partial charge in [0.25, 0.3) is 5.56 Å². The normalized spacial score (nSPS) is 15.4. The number of aromatic nitrogens is 1. The van der Waals surface area contributed by atoms with Gasteiger partial charge in [0.1, 0.15) is 0 Å². The van der Waals surface area contributed by atoms with Gasteiger partial charge in [-0.05, 0) is 91.5 Å². The van der Waals surface area contributed by atoms with E-state index in [9.17, 15) is 4.79 Å². The molecule has 2 heterocycles. The number of piperidine rings is 1. The van der Waals surface area contributed by atoms with Crippen molar-refractivity contribution >= 4 is 10.9 Å². The number of hydrogen-bond acceptors (Lipinski definition) is 2. The van der Waals surface area contributed by atoms with Crippen molar-refractivity contribution in [3.8, 4) is 22.3 Å². The van der Waals surface area contributed by atoms with Crippen LogP contribution in [0.1, 0.15) is 38.2 Å². The second kappa shape index (κ2) is 8.99. The smallest absolute Gasteiger partial charge is 0.258 e. The highest BCUT2D eigenvalue weighted by Gasteiger charge is 2.22. The largest absolute Gasteiger partial charge is 0.311 e. The topological polar surface area (TPSA) is 25.2 Å². The Morgan fingerprint density at radius 1 is 0.788 bits per heavy atom. The van der Waals surface area contributed by atoms with Crippen LogP contribution in [0.4, 0.5) is 0 Å². The molecule has 0 unspecified atom stereocenters. The molecule has 0 spiro atoms. The molecule has 168 valence electrons. The average molecular weight is 437 g/mol. The van der Waals surface area contributed by atoms with Crippen LogP contribution in [0.25, 0.3) is 33.2 Å². The summed E-state index contributed by atoms with van der Waals surface area (Å²) >= 11 is 0. The van der Waals surface area contributed by atoms with Gasteiger partial charge in [-0.25, -0.2) is 0 Å².